The van der Waals surface area contributed by atoms with Crippen LogP contribution in [0.4, 0.5) is 27.0 Å². The maximum absolute atomic E-state index is 13.3. The highest BCUT2D eigenvalue weighted by atomic mass is 16.5. The van der Waals surface area contributed by atoms with Gasteiger partial charge in [-0.2, -0.15) is 5.10 Å². The van der Waals surface area contributed by atoms with Gasteiger partial charge < -0.3 is 14.8 Å². The summed E-state index contributed by atoms with van der Waals surface area (Å²) in [4.78, 5) is 33.1. The first-order valence-electron chi connectivity index (χ1n) is 13.7. The second-order valence-corrected chi connectivity index (χ2v) is 10.9. The maximum Gasteiger partial charge on any atom is 0.413 e. The normalized spacial score (nSPS) is 11.2. The fourth-order valence-electron chi connectivity index (χ4n) is 4.33. The molecule has 0 bridgehead atoms. The van der Waals surface area contributed by atoms with Crippen LogP contribution < -0.4 is 20.7 Å². The lowest BCUT2D eigenvalue weighted by atomic mass is 9.92. The van der Waals surface area contributed by atoms with Crippen molar-refractivity contribution < 1.29 is 19.1 Å². The predicted molar refractivity (Wildman–Crippen MR) is 166 cm³/mol. The number of nitrogens with zero attached hydrogens (tertiary/aromatic N) is 4. The molecule has 5 rings (SSSR count). The molecular weight excluding hydrogens is 546 g/mol. The van der Waals surface area contributed by atoms with Gasteiger partial charge in [0.2, 0.25) is 5.95 Å². The van der Waals surface area contributed by atoms with Gasteiger partial charge in [-0.25, -0.2) is 24.2 Å². The Kier molecular flexibility index (Phi) is 8.24. The molecule has 43 heavy (non-hydrogen) atoms. The molecule has 0 fully saturated rings. The van der Waals surface area contributed by atoms with E-state index in [1.165, 1.54) is 13.3 Å². The lowest BCUT2D eigenvalue weighted by Crippen LogP contribution is -2.21. The van der Waals surface area contributed by atoms with E-state index in [0.717, 1.165) is 27.7 Å². The summed E-state index contributed by atoms with van der Waals surface area (Å²) >= 11 is 0. The molecule has 11 heteroatoms. The van der Waals surface area contributed by atoms with Gasteiger partial charge in [0.25, 0.3) is 0 Å². The number of aryl methyl sites for hydroxylation is 1. The van der Waals surface area contributed by atoms with Crippen LogP contribution in [0.3, 0.4) is 0 Å². The molecule has 0 aliphatic rings. The lowest BCUT2D eigenvalue weighted by molar-refractivity contribution is 0.186. The molecule has 0 aliphatic carbocycles. The first-order valence-corrected chi connectivity index (χ1v) is 13.7. The summed E-state index contributed by atoms with van der Waals surface area (Å²) in [6.07, 6.45) is 0.862. The number of carbonyl (C=O) groups excluding carboxylic acids is 2. The van der Waals surface area contributed by atoms with E-state index in [1.807, 2.05) is 61.5 Å². The summed E-state index contributed by atoms with van der Waals surface area (Å²) in [6, 6.07) is 22.4. The number of carbonyl (C=O) groups is 2. The number of amides is 3. The number of benzene rings is 3. The highest BCUT2D eigenvalue weighted by Gasteiger charge is 2.22. The molecule has 0 spiro atoms. The Morgan fingerprint density at radius 1 is 0.907 bits per heavy atom. The Labute approximate surface area is 249 Å². The van der Waals surface area contributed by atoms with Gasteiger partial charge in [-0.15, -0.1) is 0 Å². The minimum absolute atomic E-state index is 0.113. The average Bonchev–Trinajstić information content (AvgIpc) is 3.41. The standard InChI is InChI=1S/C32H33N7O4/c1-20-10-12-22(13-11-20)39-28(18-27(38-39)32(2,3)4)36-30(40)35-25-14-15-26(24-9-7-6-8-23(24)25)43-19-21-16-17-33-29(34-21)37-31(41)42-5/h6-18H,19H2,1-5H3,(H2,35,36,40)(H,33,34,37,41). The van der Waals surface area contributed by atoms with Crippen molar-refractivity contribution in [3.05, 3.63) is 95.9 Å². The Morgan fingerprint density at radius 3 is 2.37 bits per heavy atom. The van der Waals surface area contributed by atoms with Crippen LogP contribution in [0.15, 0.2) is 79.0 Å². The van der Waals surface area contributed by atoms with E-state index in [4.69, 9.17) is 9.84 Å². The van der Waals surface area contributed by atoms with Gasteiger partial charge in [0.1, 0.15) is 18.2 Å². The summed E-state index contributed by atoms with van der Waals surface area (Å²) in [7, 11) is 1.26. The summed E-state index contributed by atoms with van der Waals surface area (Å²) < 4.78 is 12.4. The van der Waals surface area contributed by atoms with Gasteiger partial charge >= 0.3 is 12.1 Å². The largest absolute Gasteiger partial charge is 0.487 e. The van der Waals surface area contributed by atoms with Crippen LogP contribution in [0.2, 0.25) is 0 Å². The zero-order valence-electron chi connectivity index (χ0n) is 24.6. The number of rotatable bonds is 7. The van der Waals surface area contributed by atoms with Crippen molar-refractivity contribution in [3.8, 4) is 11.4 Å². The SMILES string of the molecule is COC(=O)Nc1nccc(COc2ccc(NC(=O)Nc3cc(C(C)(C)C)nn3-c3ccc(C)cc3)c3ccccc23)n1. The monoisotopic (exact) mass is 579 g/mol. The quantitative estimate of drug-likeness (QED) is 0.193. The van der Waals surface area contributed by atoms with E-state index in [0.29, 0.717) is 22.9 Å². The van der Waals surface area contributed by atoms with Gasteiger partial charge in [-0.05, 0) is 37.3 Å². The van der Waals surface area contributed by atoms with Crippen LogP contribution in [0, 0.1) is 6.92 Å². The molecule has 2 aromatic heterocycles. The van der Waals surface area contributed by atoms with Crippen molar-refractivity contribution in [2.75, 3.05) is 23.1 Å². The molecule has 0 radical (unpaired) electrons. The van der Waals surface area contributed by atoms with Gasteiger partial charge in [0.15, 0.2) is 0 Å². The van der Waals surface area contributed by atoms with Crippen LogP contribution in [0.5, 0.6) is 5.75 Å². The summed E-state index contributed by atoms with van der Waals surface area (Å²) in [5, 5.41) is 14.8. The molecule has 3 aromatic carbocycles. The summed E-state index contributed by atoms with van der Waals surface area (Å²) in [5.74, 6) is 1.28. The van der Waals surface area contributed by atoms with Crippen LogP contribution in [-0.4, -0.2) is 39.0 Å². The van der Waals surface area contributed by atoms with Crippen LogP contribution in [0.1, 0.15) is 37.7 Å². The summed E-state index contributed by atoms with van der Waals surface area (Å²) in [6.45, 7) is 8.40. The zero-order chi connectivity index (χ0) is 30.6. The van der Waals surface area contributed by atoms with E-state index < -0.39 is 12.1 Å². The van der Waals surface area contributed by atoms with E-state index in [-0.39, 0.29) is 18.0 Å². The van der Waals surface area contributed by atoms with Gasteiger partial charge in [0.05, 0.1) is 29.9 Å². The zero-order valence-corrected chi connectivity index (χ0v) is 24.6. The number of fused-ring (bicyclic) bond motifs is 1. The Balaban J connectivity index is 1.35. The van der Waals surface area contributed by atoms with E-state index in [9.17, 15) is 9.59 Å². The number of nitrogens with one attached hydrogen (secondary N) is 3. The number of ether oxygens (including phenoxy) is 2. The summed E-state index contributed by atoms with van der Waals surface area (Å²) in [5.41, 5.74) is 3.81. The van der Waals surface area contributed by atoms with Crippen molar-refractivity contribution in [1.29, 1.82) is 0 Å². The van der Waals surface area contributed by atoms with E-state index in [1.54, 1.807) is 22.9 Å². The van der Waals surface area contributed by atoms with Crippen molar-refractivity contribution in [3.63, 3.8) is 0 Å². The fourth-order valence-corrected chi connectivity index (χ4v) is 4.33. The molecule has 0 saturated carbocycles. The van der Waals surface area contributed by atoms with Crippen LogP contribution in [-0.2, 0) is 16.8 Å². The van der Waals surface area contributed by atoms with Gasteiger partial charge in [-0.1, -0.05) is 62.7 Å². The molecule has 2 heterocycles. The molecule has 11 nitrogen and oxygen atoms in total. The highest BCUT2D eigenvalue weighted by Crippen LogP contribution is 2.33. The molecule has 220 valence electrons. The molecule has 0 unspecified atom stereocenters. The minimum atomic E-state index is -0.662. The fraction of sp³-hybridized carbons (Fsp3) is 0.219. The molecular formula is C32H33N7O4. The second-order valence-electron chi connectivity index (χ2n) is 10.9. The second kappa shape index (κ2) is 12.2. The van der Waals surface area contributed by atoms with Crippen molar-refractivity contribution in [2.45, 2.75) is 39.7 Å². The van der Waals surface area contributed by atoms with Gasteiger partial charge in [-0.3, -0.25) is 10.6 Å². The lowest BCUT2D eigenvalue weighted by Gasteiger charge is -2.14. The van der Waals surface area contributed by atoms with Crippen molar-refractivity contribution in [2.24, 2.45) is 0 Å². The third-order valence-corrected chi connectivity index (χ3v) is 6.62. The number of hydrogen-bond acceptors (Lipinski definition) is 7. The smallest absolute Gasteiger partial charge is 0.413 e. The van der Waals surface area contributed by atoms with E-state index >= 15 is 0 Å². The van der Waals surface area contributed by atoms with Crippen LogP contribution in [0.25, 0.3) is 16.5 Å². The molecule has 0 aliphatic heterocycles. The number of hydrogen-bond donors (Lipinski definition) is 3. The number of aromatic nitrogens is 4. The number of anilines is 3. The molecule has 3 amide bonds. The Morgan fingerprint density at radius 2 is 1.65 bits per heavy atom. The maximum atomic E-state index is 13.3. The topological polar surface area (TPSA) is 132 Å². The number of urea groups is 1. The minimum Gasteiger partial charge on any atom is -0.487 e. The van der Waals surface area contributed by atoms with E-state index in [2.05, 4.69) is 51.4 Å². The third-order valence-electron chi connectivity index (χ3n) is 6.62. The predicted octanol–water partition coefficient (Wildman–Crippen LogP) is 6.82. The first kappa shape index (κ1) is 29.1. The molecule has 5 aromatic rings. The average molecular weight is 580 g/mol. The van der Waals surface area contributed by atoms with Crippen LogP contribution >= 0.6 is 0 Å². The highest BCUT2D eigenvalue weighted by molar-refractivity contribution is 6.07. The molecule has 3 N–H and O–H groups in total. The van der Waals surface area contributed by atoms with Crippen molar-refractivity contribution >= 4 is 40.4 Å². The third kappa shape index (κ3) is 6.89. The van der Waals surface area contributed by atoms with Crippen molar-refractivity contribution in [1.82, 2.24) is 19.7 Å². The molecule has 0 saturated heterocycles. The number of methoxy groups -OCH3 is 1. The first-order chi connectivity index (χ1) is 20.6. The molecule has 0 atom stereocenters. The Bertz CT molecular complexity index is 1780. The van der Waals surface area contributed by atoms with Gasteiger partial charge in [0, 0.05) is 28.5 Å². The Hall–Kier alpha value is -5.45.